The first-order valence-corrected chi connectivity index (χ1v) is 4.50. The highest BCUT2D eigenvalue weighted by atomic mass is 16.5. The van der Waals surface area contributed by atoms with Gasteiger partial charge in [-0.1, -0.05) is 6.07 Å². The normalized spacial score (nSPS) is 9.47. The second kappa shape index (κ2) is 5.96. The number of hydrogen-bond donors (Lipinski definition) is 0. The molecule has 0 atom stereocenters. The van der Waals surface area contributed by atoms with E-state index < -0.39 is 0 Å². The third kappa shape index (κ3) is 3.20. The number of rotatable bonds is 5. The Kier molecular flexibility index (Phi) is 4.54. The van der Waals surface area contributed by atoms with E-state index in [9.17, 15) is 4.79 Å². The van der Waals surface area contributed by atoms with Crippen LogP contribution in [0.15, 0.2) is 23.2 Å². The summed E-state index contributed by atoms with van der Waals surface area (Å²) in [4.78, 5) is 13.6. The average molecular weight is 207 g/mol. The van der Waals surface area contributed by atoms with Crippen LogP contribution in [0.5, 0.6) is 5.75 Å². The zero-order chi connectivity index (χ0) is 11.1. The average Bonchev–Trinajstić information content (AvgIpc) is 2.27. The minimum absolute atomic E-state index is 0.282. The minimum Gasteiger partial charge on any atom is -0.496 e. The monoisotopic (exact) mass is 207 g/mol. The van der Waals surface area contributed by atoms with Crippen LogP contribution < -0.4 is 4.74 Å². The van der Waals surface area contributed by atoms with E-state index >= 15 is 0 Å². The van der Waals surface area contributed by atoms with Crippen molar-refractivity contribution in [2.45, 2.75) is 13.2 Å². The van der Waals surface area contributed by atoms with Gasteiger partial charge in [-0.15, -0.1) is 0 Å². The van der Waals surface area contributed by atoms with Gasteiger partial charge in [0.25, 0.3) is 0 Å². The highest BCUT2D eigenvalue weighted by Gasteiger charge is 2.03. The van der Waals surface area contributed by atoms with Gasteiger partial charge in [-0.25, -0.2) is 9.79 Å². The lowest BCUT2D eigenvalue weighted by molar-refractivity contribution is 0.185. The maximum absolute atomic E-state index is 10.0. The van der Waals surface area contributed by atoms with Crippen LogP contribution in [0.3, 0.4) is 0 Å². The first-order chi connectivity index (χ1) is 7.31. The molecule has 0 bridgehead atoms. The zero-order valence-electron chi connectivity index (χ0n) is 8.82. The molecule has 0 N–H and O–H groups in total. The molecule has 0 radical (unpaired) electrons. The number of nitrogens with zero attached hydrogens (tertiary/aromatic N) is 1. The fourth-order valence-corrected chi connectivity index (χ4v) is 1.33. The second-order valence-corrected chi connectivity index (χ2v) is 2.99. The van der Waals surface area contributed by atoms with Crippen molar-refractivity contribution in [3.63, 3.8) is 0 Å². The molecule has 1 rings (SSSR count). The van der Waals surface area contributed by atoms with Crippen molar-refractivity contribution in [3.8, 4) is 5.75 Å². The van der Waals surface area contributed by atoms with Crippen molar-refractivity contribution in [1.29, 1.82) is 0 Å². The molecular formula is C11H13NO3. The topological polar surface area (TPSA) is 47.9 Å². The van der Waals surface area contributed by atoms with Crippen LogP contribution in [0.1, 0.15) is 11.1 Å². The van der Waals surface area contributed by atoms with Gasteiger partial charge in [0.05, 0.1) is 20.3 Å². The van der Waals surface area contributed by atoms with Gasteiger partial charge in [0, 0.05) is 12.7 Å². The summed E-state index contributed by atoms with van der Waals surface area (Å²) in [5.74, 6) is 0.717. The SMILES string of the molecule is COCc1ccc(OC)c(CN=C=O)c1. The van der Waals surface area contributed by atoms with Crippen LogP contribution in [0.2, 0.25) is 0 Å². The van der Waals surface area contributed by atoms with Gasteiger partial charge < -0.3 is 9.47 Å². The molecule has 1 aromatic carbocycles. The first kappa shape index (κ1) is 11.4. The van der Waals surface area contributed by atoms with E-state index in [1.165, 1.54) is 6.08 Å². The van der Waals surface area contributed by atoms with Crippen LogP contribution in [-0.2, 0) is 22.7 Å². The Morgan fingerprint density at radius 3 is 2.80 bits per heavy atom. The first-order valence-electron chi connectivity index (χ1n) is 4.50. The molecule has 0 spiro atoms. The minimum atomic E-state index is 0.282. The van der Waals surface area contributed by atoms with Gasteiger partial charge in [-0.3, -0.25) is 0 Å². The number of isocyanates is 1. The number of aliphatic imine (C=N–C) groups is 1. The number of ether oxygens (including phenoxy) is 2. The summed E-state index contributed by atoms with van der Waals surface area (Å²) in [6.07, 6.45) is 1.51. The molecule has 0 heterocycles. The van der Waals surface area contributed by atoms with Crippen molar-refractivity contribution in [3.05, 3.63) is 29.3 Å². The Hall–Kier alpha value is -1.64. The smallest absolute Gasteiger partial charge is 0.235 e. The lowest BCUT2D eigenvalue weighted by Gasteiger charge is -2.08. The Balaban J connectivity index is 2.95. The molecule has 0 aliphatic rings. The van der Waals surface area contributed by atoms with Crippen molar-refractivity contribution in [1.82, 2.24) is 0 Å². The molecule has 0 fully saturated rings. The molecule has 0 unspecified atom stereocenters. The van der Waals surface area contributed by atoms with E-state index in [0.29, 0.717) is 12.4 Å². The number of carbonyl (C=O) groups excluding carboxylic acids is 1. The predicted molar refractivity (Wildman–Crippen MR) is 55.5 cm³/mol. The summed E-state index contributed by atoms with van der Waals surface area (Å²) in [5, 5.41) is 0. The Morgan fingerprint density at radius 2 is 2.20 bits per heavy atom. The Morgan fingerprint density at radius 1 is 1.40 bits per heavy atom. The molecule has 0 saturated heterocycles. The molecular weight excluding hydrogens is 194 g/mol. The van der Waals surface area contributed by atoms with Crippen molar-refractivity contribution in [2.75, 3.05) is 14.2 Å². The van der Waals surface area contributed by atoms with Gasteiger partial charge in [0.1, 0.15) is 5.75 Å². The quantitative estimate of drug-likeness (QED) is 0.545. The molecule has 0 aliphatic carbocycles. The van der Waals surface area contributed by atoms with E-state index in [1.54, 1.807) is 14.2 Å². The van der Waals surface area contributed by atoms with Gasteiger partial charge in [0.15, 0.2) is 0 Å². The molecule has 0 saturated carbocycles. The lowest BCUT2D eigenvalue weighted by Crippen LogP contribution is -1.94. The van der Waals surface area contributed by atoms with Crippen molar-refractivity contribution >= 4 is 6.08 Å². The number of benzene rings is 1. The van der Waals surface area contributed by atoms with Gasteiger partial charge in [-0.2, -0.15) is 0 Å². The van der Waals surface area contributed by atoms with Gasteiger partial charge >= 0.3 is 0 Å². The fraction of sp³-hybridized carbons (Fsp3) is 0.364. The third-order valence-corrected chi connectivity index (χ3v) is 1.97. The Bertz CT molecular complexity index is 370. The summed E-state index contributed by atoms with van der Waals surface area (Å²) in [6, 6.07) is 5.66. The van der Waals surface area contributed by atoms with Crippen molar-refractivity contribution < 1.29 is 14.3 Å². The standard InChI is InChI=1S/C11H13NO3/c1-14-7-9-3-4-11(15-2)10(5-9)6-12-8-13/h3-5H,6-7H2,1-2H3. The lowest BCUT2D eigenvalue weighted by atomic mass is 10.1. The van der Waals surface area contributed by atoms with Crippen LogP contribution in [-0.4, -0.2) is 20.3 Å². The molecule has 1 aromatic rings. The fourth-order valence-electron chi connectivity index (χ4n) is 1.33. The molecule has 15 heavy (non-hydrogen) atoms. The summed E-state index contributed by atoms with van der Waals surface area (Å²) in [6.45, 7) is 0.812. The summed E-state index contributed by atoms with van der Waals surface area (Å²) in [5.41, 5.74) is 1.88. The van der Waals surface area contributed by atoms with E-state index in [1.807, 2.05) is 18.2 Å². The van der Waals surface area contributed by atoms with Crippen LogP contribution >= 0.6 is 0 Å². The van der Waals surface area contributed by atoms with Gasteiger partial charge in [-0.05, 0) is 17.7 Å². The molecule has 0 aromatic heterocycles. The van der Waals surface area contributed by atoms with Crippen LogP contribution in [0.25, 0.3) is 0 Å². The largest absolute Gasteiger partial charge is 0.496 e. The number of methoxy groups -OCH3 is 2. The molecule has 0 amide bonds. The zero-order valence-corrected chi connectivity index (χ0v) is 8.82. The molecule has 0 aliphatic heterocycles. The predicted octanol–water partition coefficient (Wildman–Crippen LogP) is 1.68. The highest BCUT2D eigenvalue weighted by molar-refractivity contribution is 5.39. The highest BCUT2D eigenvalue weighted by Crippen LogP contribution is 2.20. The van der Waals surface area contributed by atoms with E-state index in [-0.39, 0.29) is 6.54 Å². The van der Waals surface area contributed by atoms with Crippen molar-refractivity contribution in [2.24, 2.45) is 4.99 Å². The van der Waals surface area contributed by atoms with Crippen LogP contribution in [0, 0.1) is 0 Å². The van der Waals surface area contributed by atoms with Gasteiger partial charge in [0.2, 0.25) is 6.08 Å². The third-order valence-electron chi connectivity index (χ3n) is 1.97. The van der Waals surface area contributed by atoms with E-state index in [0.717, 1.165) is 11.1 Å². The number of hydrogen-bond acceptors (Lipinski definition) is 4. The van der Waals surface area contributed by atoms with E-state index in [4.69, 9.17) is 9.47 Å². The molecule has 80 valence electrons. The summed E-state index contributed by atoms with van der Waals surface area (Å²) < 4.78 is 10.2. The summed E-state index contributed by atoms with van der Waals surface area (Å²) >= 11 is 0. The summed E-state index contributed by atoms with van der Waals surface area (Å²) in [7, 11) is 3.22. The Labute approximate surface area is 88.5 Å². The van der Waals surface area contributed by atoms with Crippen LogP contribution in [0.4, 0.5) is 0 Å². The molecule has 4 heteroatoms. The second-order valence-electron chi connectivity index (χ2n) is 2.99. The van der Waals surface area contributed by atoms with E-state index in [2.05, 4.69) is 4.99 Å². The maximum Gasteiger partial charge on any atom is 0.235 e. The molecule has 4 nitrogen and oxygen atoms in total. The maximum atomic E-state index is 10.0.